The second kappa shape index (κ2) is 6.32. The van der Waals surface area contributed by atoms with E-state index in [2.05, 4.69) is 0 Å². The number of hydrogen-bond donors (Lipinski definition) is 1. The van der Waals surface area contributed by atoms with E-state index in [4.69, 9.17) is 10.5 Å². The zero-order valence-electron chi connectivity index (χ0n) is 11.5. The van der Waals surface area contributed by atoms with Crippen molar-refractivity contribution in [3.05, 3.63) is 69.5 Å². The van der Waals surface area contributed by atoms with Gasteiger partial charge in [-0.3, -0.25) is 10.1 Å². The lowest BCUT2D eigenvalue weighted by molar-refractivity contribution is -0.385. The molecule has 0 aliphatic rings. The van der Waals surface area contributed by atoms with Gasteiger partial charge in [-0.25, -0.2) is 4.39 Å². The number of para-hydroxylation sites is 1. The van der Waals surface area contributed by atoms with Gasteiger partial charge in [-0.1, -0.05) is 18.2 Å². The van der Waals surface area contributed by atoms with Crippen molar-refractivity contribution in [3.63, 3.8) is 0 Å². The van der Waals surface area contributed by atoms with Crippen LogP contribution in [0.4, 0.5) is 10.1 Å². The minimum Gasteiger partial charge on any atom is -0.489 e. The molecule has 0 saturated carbocycles. The van der Waals surface area contributed by atoms with Crippen LogP contribution in [0.15, 0.2) is 42.5 Å². The van der Waals surface area contributed by atoms with Crippen LogP contribution in [0, 0.1) is 15.9 Å². The third-order valence-electron chi connectivity index (χ3n) is 3.05. The summed E-state index contributed by atoms with van der Waals surface area (Å²) in [4.78, 5) is 10.4. The number of nitrogens with zero attached hydrogens (tertiary/aromatic N) is 1. The highest BCUT2D eigenvalue weighted by Crippen LogP contribution is 2.23. The van der Waals surface area contributed by atoms with Gasteiger partial charge in [-0.05, 0) is 19.1 Å². The van der Waals surface area contributed by atoms with Crippen LogP contribution in [0.5, 0.6) is 5.75 Å². The van der Waals surface area contributed by atoms with Gasteiger partial charge in [0.15, 0.2) is 0 Å². The molecule has 0 fully saturated rings. The summed E-state index contributed by atoms with van der Waals surface area (Å²) in [5, 5.41) is 10.9. The summed E-state index contributed by atoms with van der Waals surface area (Å²) in [5.41, 5.74) is 6.43. The molecule has 0 heterocycles. The van der Waals surface area contributed by atoms with Crippen molar-refractivity contribution >= 4 is 5.69 Å². The Kier molecular flexibility index (Phi) is 4.49. The first-order chi connectivity index (χ1) is 9.99. The summed E-state index contributed by atoms with van der Waals surface area (Å²) in [7, 11) is 0. The first-order valence-electron chi connectivity index (χ1n) is 6.39. The molecule has 0 radical (unpaired) electrons. The maximum atomic E-state index is 13.8. The SMILES string of the molecule is C[C@H](N)c1ccc(OCc2ccccc2[N+](=O)[O-])cc1F. The van der Waals surface area contributed by atoms with Gasteiger partial charge in [0.1, 0.15) is 18.2 Å². The number of nitrogens with two attached hydrogens (primary N) is 1. The molecule has 2 aromatic carbocycles. The van der Waals surface area contributed by atoms with E-state index in [1.54, 1.807) is 37.3 Å². The Balaban J connectivity index is 2.14. The lowest BCUT2D eigenvalue weighted by Crippen LogP contribution is -2.07. The van der Waals surface area contributed by atoms with Crippen LogP contribution in [0.3, 0.4) is 0 Å². The van der Waals surface area contributed by atoms with Gasteiger partial charge in [-0.15, -0.1) is 0 Å². The standard InChI is InChI=1S/C15H15FN2O3/c1-10(17)13-7-6-12(8-14(13)16)21-9-11-4-2-3-5-15(11)18(19)20/h2-8,10H,9,17H2,1H3/t10-/m0/s1. The van der Waals surface area contributed by atoms with E-state index < -0.39 is 16.8 Å². The minimum atomic E-state index is -0.474. The first-order valence-corrected chi connectivity index (χ1v) is 6.39. The fourth-order valence-corrected chi connectivity index (χ4v) is 1.94. The molecule has 5 nitrogen and oxygen atoms in total. The summed E-state index contributed by atoms with van der Waals surface area (Å²) in [6, 6.07) is 10.2. The van der Waals surface area contributed by atoms with Crippen LogP contribution in [0.25, 0.3) is 0 Å². The predicted octanol–water partition coefficient (Wildman–Crippen LogP) is 3.33. The molecule has 1 atom stereocenters. The highest BCUT2D eigenvalue weighted by atomic mass is 19.1. The number of ether oxygens (including phenoxy) is 1. The van der Waals surface area contributed by atoms with Crippen LogP contribution < -0.4 is 10.5 Å². The molecule has 0 spiro atoms. The average Bonchev–Trinajstić information content (AvgIpc) is 2.45. The smallest absolute Gasteiger partial charge is 0.276 e. The molecule has 2 aromatic rings. The van der Waals surface area contributed by atoms with Crippen molar-refractivity contribution < 1.29 is 14.1 Å². The number of nitro groups is 1. The van der Waals surface area contributed by atoms with Crippen molar-refractivity contribution in [1.29, 1.82) is 0 Å². The summed E-state index contributed by atoms with van der Waals surface area (Å²) in [6.07, 6.45) is 0. The van der Waals surface area contributed by atoms with Gasteiger partial charge in [0.2, 0.25) is 0 Å². The Morgan fingerprint density at radius 1 is 1.33 bits per heavy atom. The Bertz CT molecular complexity index is 659. The molecule has 0 aliphatic heterocycles. The molecule has 0 saturated heterocycles. The Labute approximate surface area is 121 Å². The molecule has 2 rings (SSSR count). The van der Waals surface area contributed by atoms with Crippen molar-refractivity contribution in [2.24, 2.45) is 5.73 Å². The number of rotatable bonds is 5. The van der Waals surface area contributed by atoms with Gasteiger partial charge >= 0.3 is 0 Å². The summed E-state index contributed by atoms with van der Waals surface area (Å²) >= 11 is 0. The molecule has 0 bridgehead atoms. The third kappa shape index (κ3) is 3.55. The Morgan fingerprint density at radius 2 is 2.05 bits per heavy atom. The summed E-state index contributed by atoms with van der Waals surface area (Å²) < 4.78 is 19.2. The Hall–Kier alpha value is -2.47. The Morgan fingerprint density at radius 3 is 2.67 bits per heavy atom. The van der Waals surface area contributed by atoms with Crippen LogP contribution in [0.2, 0.25) is 0 Å². The maximum Gasteiger partial charge on any atom is 0.276 e. The van der Waals surface area contributed by atoms with Crippen LogP contribution in [-0.2, 0) is 6.61 Å². The monoisotopic (exact) mass is 290 g/mol. The molecule has 0 aromatic heterocycles. The number of benzene rings is 2. The van der Waals surface area contributed by atoms with Crippen molar-refractivity contribution in [2.45, 2.75) is 19.6 Å². The van der Waals surface area contributed by atoms with Crippen molar-refractivity contribution in [2.75, 3.05) is 0 Å². The molecule has 21 heavy (non-hydrogen) atoms. The topological polar surface area (TPSA) is 78.4 Å². The van der Waals surface area contributed by atoms with Crippen LogP contribution in [-0.4, -0.2) is 4.92 Å². The van der Waals surface area contributed by atoms with Crippen molar-refractivity contribution in [3.8, 4) is 5.75 Å². The normalized spacial score (nSPS) is 12.0. The number of halogens is 1. The van der Waals surface area contributed by atoms with Gasteiger partial charge in [-0.2, -0.15) is 0 Å². The van der Waals surface area contributed by atoms with Crippen molar-refractivity contribution in [1.82, 2.24) is 0 Å². The van der Waals surface area contributed by atoms with Gasteiger partial charge in [0, 0.05) is 23.7 Å². The molecular formula is C15H15FN2O3. The van der Waals surface area contributed by atoms with E-state index in [1.165, 1.54) is 12.1 Å². The second-order valence-electron chi connectivity index (χ2n) is 4.65. The lowest BCUT2D eigenvalue weighted by Gasteiger charge is -2.10. The van der Waals surface area contributed by atoms with Crippen LogP contribution in [0.1, 0.15) is 24.1 Å². The fraction of sp³-hybridized carbons (Fsp3) is 0.200. The van der Waals surface area contributed by atoms with Gasteiger partial charge in [0.25, 0.3) is 5.69 Å². The highest BCUT2D eigenvalue weighted by molar-refractivity contribution is 5.40. The predicted molar refractivity (Wildman–Crippen MR) is 76.4 cm³/mol. The first kappa shape index (κ1) is 14.9. The quantitative estimate of drug-likeness (QED) is 0.676. The molecular weight excluding hydrogens is 275 g/mol. The maximum absolute atomic E-state index is 13.8. The zero-order chi connectivity index (χ0) is 15.4. The largest absolute Gasteiger partial charge is 0.489 e. The highest BCUT2D eigenvalue weighted by Gasteiger charge is 2.13. The molecule has 6 heteroatoms. The van der Waals surface area contributed by atoms with E-state index >= 15 is 0 Å². The molecule has 2 N–H and O–H groups in total. The molecule has 0 aliphatic carbocycles. The molecule has 0 unspecified atom stereocenters. The van der Waals surface area contributed by atoms with Gasteiger partial charge < -0.3 is 10.5 Å². The van der Waals surface area contributed by atoms with E-state index in [0.717, 1.165) is 0 Å². The zero-order valence-corrected chi connectivity index (χ0v) is 11.5. The summed E-state index contributed by atoms with van der Waals surface area (Å²) in [6.45, 7) is 1.68. The summed E-state index contributed by atoms with van der Waals surface area (Å²) in [5.74, 6) is -0.153. The van der Waals surface area contributed by atoms with E-state index in [-0.39, 0.29) is 12.3 Å². The number of nitro benzene ring substituents is 1. The lowest BCUT2D eigenvalue weighted by atomic mass is 10.1. The third-order valence-corrected chi connectivity index (χ3v) is 3.05. The van der Waals surface area contributed by atoms with E-state index in [0.29, 0.717) is 16.9 Å². The second-order valence-corrected chi connectivity index (χ2v) is 4.65. The van der Waals surface area contributed by atoms with E-state index in [1.807, 2.05) is 0 Å². The molecule has 0 amide bonds. The number of hydrogen-bond acceptors (Lipinski definition) is 4. The average molecular weight is 290 g/mol. The molecule has 110 valence electrons. The fourth-order valence-electron chi connectivity index (χ4n) is 1.94. The van der Waals surface area contributed by atoms with Gasteiger partial charge in [0.05, 0.1) is 10.5 Å². The minimum absolute atomic E-state index is 0.00583. The van der Waals surface area contributed by atoms with E-state index in [9.17, 15) is 14.5 Å². The van der Waals surface area contributed by atoms with Crippen LogP contribution >= 0.6 is 0 Å².